The second kappa shape index (κ2) is 5.39. The molecule has 2 aliphatic rings. The minimum atomic E-state index is -0.662. The Bertz CT molecular complexity index is 513. The molecule has 0 bridgehead atoms. The van der Waals surface area contributed by atoms with Crippen molar-refractivity contribution in [2.75, 3.05) is 0 Å². The third-order valence-electron chi connectivity index (χ3n) is 4.46. The van der Waals surface area contributed by atoms with Crippen LogP contribution in [-0.4, -0.2) is 28.6 Å². The van der Waals surface area contributed by atoms with Crippen molar-refractivity contribution in [3.63, 3.8) is 0 Å². The molecule has 124 valence electrons. The van der Waals surface area contributed by atoms with Crippen molar-refractivity contribution >= 4 is 5.91 Å². The second-order valence-corrected chi connectivity index (χ2v) is 8.36. The zero-order valence-corrected chi connectivity index (χ0v) is 14.4. The van der Waals surface area contributed by atoms with E-state index in [1.54, 1.807) is 6.08 Å². The minimum absolute atomic E-state index is 0.00834. The number of hydrogen-bond acceptors (Lipinski definition) is 4. The number of carbonyl (C=O) groups excluding carboxylic acids is 1. The van der Waals surface area contributed by atoms with E-state index in [9.17, 15) is 4.79 Å². The van der Waals surface area contributed by atoms with Gasteiger partial charge in [0.15, 0.2) is 0 Å². The monoisotopic (exact) mass is 306 g/mol. The molecule has 22 heavy (non-hydrogen) atoms. The van der Waals surface area contributed by atoms with Gasteiger partial charge in [-0.15, -0.1) is 0 Å². The third-order valence-corrected chi connectivity index (χ3v) is 4.46. The van der Waals surface area contributed by atoms with Crippen LogP contribution in [0.15, 0.2) is 23.4 Å². The highest BCUT2D eigenvalue weighted by atomic mass is 16.1. The summed E-state index contributed by atoms with van der Waals surface area (Å²) < 4.78 is 0. The molecule has 1 aliphatic heterocycles. The number of amides is 1. The second-order valence-electron chi connectivity index (χ2n) is 8.36. The normalized spacial score (nSPS) is 31.2. The standard InChI is InChI=1S/C17H30N4O/c1-15(2)9-12(10-16(3,4)21-15)20-14(22)13-8-11(18)6-7-17(13,5)19/h6,8,12,21H,7,9-10,18-19H2,1-5H3,(H,20,22). The molecule has 5 nitrogen and oxygen atoms in total. The first kappa shape index (κ1) is 17.0. The Morgan fingerprint density at radius 1 is 1.23 bits per heavy atom. The van der Waals surface area contributed by atoms with Crippen LogP contribution >= 0.6 is 0 Å². The number of rotatable bonds is 2. The van der Waals surface area contributed by atoms with Crippen LogP contribution in [0, 0.1) is 0 Å². The van der Waals surface area contributed by atoms with E-state index in [2.05, 4.69) is 38.3 Å². The van der Waals surface area contributed by atoms with Gasteiger partial charge in [-0.05, 0) is 60.0 Å². The van der Waals surface area contributed by atoms with Gasteiger partial charge in [0.25, 0.3) is 0 Å². The van der Waals surface area contributed by atoms with Crippen molar-refractivity contribution in [2.24, 2.45) is 11.5 Å². The van der Waals surface area contributed by atoms with Crippen molar-refractivity contribution in [3.8, 4) is 0 Å². The van der Waals surface area contributed by atoms with Crippen molar-refractivity contribution in [1.29, 1.82) is 0 Å². The quantitative estimate of drug-likeness (QED) is 0.619. The Morgan fingerprint density at radius 2 is 1.77 bits per heavy atom. The molecular formula is C17H30N4O. The van der Waals surface area contributed by atoms with E-state index in [0.717, 1.165) is 12.8 Å². The molecule has 1 amide bonds. The van der Waals surface area contributed by atoms with E-state index in [1.807, 2.05) is 13.0 Å². The van der Waals surface area contributed by atoms with Crippen LogP contribution in [0.5, 0.6) is 0 Å². The van der Waals surface area contributed by atoms with Gasteiger partial charge in [0.2, 0.25) is 5.91 Å². The summed E-state index contributed by atoms with van der Waals surface area (Å²) in [7, 11) is 0. The highest BCUT2D eigenvalue weighted by Crippen LogP contribution is 2.30. The van der Waals surface area contributed by atoms with Crippen LogP contribution in [0.25, 0.3) is 0 Å². The van der Waals surface area contributed by atoms with Crippen LogP contribution in [0.1, 0.15) is 53.9 Å². The van der Waals surface area contributed by atoms with Crippen LogP contribution in [0.3, 0.4) is 0 Å². The lowest BCUT2D eigenvalue weighted by molar-refractivity contribution is -0.119. The lowest BCUT2D eigenvalue weighted by atomic mass is 9.79. The fourth-order valence-electron chi connectivity index (χ4n) is 3.84. The number of allylic oxidation sites excluding steroid dienone is 1. The van der Waals surface area contributed by atoms with Gasteiger partial charge < -0.3 is 22.1 Å². The van der Waals surface area contributed by atoms with E-state index in [0.29, 0.717) is 17.7 Å². The van der Waals surface area contributed by atoms with Crippen molar-refractivity contribution < 1.29 is 4.79 Å². The number of carbonyl (C=O) groups is 1. The Kier molecular flexibility index (Phi) is 4.17. The molecule has 0 aromatic rings. The maximum Gasteiger partial charge on any atom is 0.249 e. The van der Waals surface area contributed by atoms with Crippen molar-refractivity contribution in [2.45, 2.75) is 76.5 Å². The molecule has 2 rings (SSSR count). The van der Waals surface area contributed by atoms with Crippen molar-refractivity contribution in [3.05, 3.63) is 23.4 Å². The minimum Gasteiger partial charge on any atom is -0.399 e. The van der Waals surface area contributed by atoms with Crippen LogP contribution < -0.4 is 22.1 Å². The molecule has 1 atom stereocenters. The van der Waals surface area contributed by atoms with Crippen LogP contribution in [-0.2, 0) is 4.79 Å². The summed E-state index contributed by atoms with van der Waals surface area (Å²) in [5, 5.41) is 6.78. The molecule has 1 aliphatic carbocycles. The van der Waals surface area contributed by atoms with Gasteiger partial charge in [0, 0.05) is 33.9 Å². The molecule has 1 fully saturated rings. The highest BCUT2D eigenvalue weighted by Gasteiger charge is 2.39. The van der Waals surface area contributed by atoms with Crippen LogP contribution in [0.2, 0.25) is 0 Å². The van der Waals surface area contributed by atoms with Gasteiger partial charge in [-0.2, -0.15) is 0 Å². The first-order valence-corrected chi connectivity index (χ1v) is 7.97. The lowest BCUT2D eigenvalue weighted by Gasteiger charge is -2.47. The maximum atomic E-state index is 12.7. The average molecular weight is 306 g/mol. The average Bonchev–Trinajstić information content (AvgIpc) is 2.27. The molecule has 0 aromatic carbocycles. The van der Waals surface area contributed by atoms with Gasteiger partial charge >= 0.3 is 0 Å². The molecule has 0 radical (unpaired) electrons. The molecule has 1 heterocycles. The summed E-state index contributed by atoms with van der Waals surface area (Å²) in [6.07, 6.45) is 5.94. The molecular weight excluding hydrogens is 276 g/mol. The van der Waals surface area contributed by atoms with Gasteiger partial charge in [-0.25, -0.2) is 0 Å². The highest BCUT2D eigenvalue weighted by molar-refractivity contribution is 5.96. The first-order chi connectivity index (χ1) is 9.90. The van der Waals surface area contributed by atoms with Crippen molar-refractivity contribution in [1.82, 2.24) is 10.6 Å². The fourth-order valence-corrected chi connectivity index (χ4v) is 3.84. The Balaban J connectivity index is 2.13. The topological polar surface area (TPSA) is 93.2 Å². The molecule has 0 saturated carbocycles. The summed E-state index contributed by atoms with van der Waals surface area (Å²) in [4.78, 5) is 12.7. The molecule has 1 saturated heterocycles. The Labute approximate surface area is 133 Å². The molecule has 5 heteroatoms. The molecule has 6 N–H and O–H groups in total. The summed E-state index contributed by atoms with van der Waals surface area (Å²) in [5.41, 5.74) is 12.6. The van der Waals surface area contributed by atoms with Crippen LogP contribution in [0.4, 0.5) is 0 Å². The summed E-state index contributed by atoms with van der Waals surface area (Å²) in [6.45, 7) is 10.5. The molecule has 0 spiro atoms. The maximum absolute atomic E-state index is 12.7. The Hall–Kier alpha value is -1.33. The van der Waals surface area contributed by atoms with E-state index >= 15 is 0 Å². The third kappa shape index (κ3) is 3.90. The fraction of sp³-hybridized carbons (Fsp3) is 0.706. The predicted octanol–water partition coefficient (Wildman–Crippen LogP) is 1.30. The summed E-state index contributed by atoms with van der Waals surface area (Å²) >= 11 is 0. The van der Waals surface area contributed by atoms with E-state index < -0.39 is 5.54 Å². The number of nitrogens with one attached hydrogen (secondary N) is 2. The zero-order chi connectivity index (χ0) is 16.8. The number of nitrogens with two attached hydrogens (primary N) is 2. The van der Waals surface area contributed by atoms with E-state index in [1.165, 1.54) is 0 Å². The van der Waals surface area contributed by atoms with Gasteiger partial charge in [-0.3, -0.25) is 4.79 Å². The van der Waals surface area contributed by atoms with E-state index in [-0.39, 0.29) is 23.0 Å². The van der Waals surface area contributed by atoms with Gasteiger partial charge in [-0.1, -0.05) is 6.08 Å². The SMILES string of the molecule is CC1(C)CC(NC(=O)C2=CC(N)=CCC2(C)N)CC(C)(C)N1. The zero-order valence-electron chi connectivity index (χ0n) is 14.4. The molecule has 1 unspecified atom stereocenters. The number of hydrogen-bond donors (Lipinski definition) is 4. The number of piperidine rings is 1. The van der Waals surface area contributed by atoms with E-state index in [4.69, 9.17) is 11.5 Å². The smallest absolute Gasteiger partial charge is 0.249 e. The Morgan fingerprint density at radius 3 is 2.32 bits per heavy atom. The lowest BCUT2D eigenvalue weighted by Crippen LogP contribution is -2.62. The summed E-state index contributed by atoms with van der Waals surface area (Å²) in [5.74, 6) is -0.0976. The summed E-state index contributed by atoms with van der Waals surface area (Å²) in [6, 6.07) is 0.127. The van der Waals surface area contributed by atoms with Gasteiger partial charge in [0.05, 0.1) is 0 Å². The predicted molar refractivity (Wildman–Crippen MR) is 90.0 cm³/mol. The largest absolute Gasteiger partial charge is 0.399 e. The van der Waals surface area contributed by atoms with Gasteiger partial charge in [0.1, 0.15) is 0 Å². The first-order valence-electron chi connectivity index (χ1n) is 7.97. The molecule has 0 aromatic heterocycles.